The average molecular weight is 451 g/mol. The molecule has 0 unspecified atom stereocenters. The lowest BCUT2D eigenvalue weighted by molar-refractivity contribution is -0.0979. The largest absolute Gasteiger partial charge is 0.445 e. The van der Waals surface area contributed by atoms with Crippen LogP contribution in [0.3, 0.4) is 0 Å². The Kier molecular flexibility index (Phi) is 6.62. The fourth-order valence-electron chi connectivity index (χ4n) is 4.87. The van der Waals surface area contributed by atoms with E-state index in [-0.39, 0.29) is 24.9 Å². The van der Waals surface area contributed by atoms with Crippen LogP contribution >= 0.6 is 0 Å². The number of aromatic amines is 1. The topological polar surface area (TPSA) is 84.0 Å². The van der Waals surface area contributed by atoms with Gasteiger partial charge in [-0.1, -0.05) is 48.5 Å². The molecule has 3 aromatic rings. The van der Waals surface area contributed by atoms with Gasteiger partial charge in [0.2, 0.25) is 0 Å². The van der Waals surface area contributed by atoms with Crippen molar-refractivity contribution in [2.24, 2.45) is 5.92 Å². The van der Waals surface area contributed by atoms with Crippen LogP contribution < -0.4 is 0 Å². The highest BCUT2D eigenvalue weighted by Gasteiger charge is 2.33. The predicted octanol–water partition coefficient (Wildman–Crippen LogP) is 4.17. The molecule has 2 N–H and O–H groups in total. The Morgan fingerprint density at radius 2 is 1.82 bits per heavy atom. The van der Waals surface area contributed by atoms with Gasteiger partial charge in [-0.3, -0.25) is 0 Å². The molecule has 0 bridgehead atoms. The zero-order valence-electron chi connectivity index (χ0n) is 18.6. The van der Waals surface area contributed by atoms with Crippen molar-refractivity contribution in [3.8, 4) is 0 Å². The Labute approximate surface area is 193 Å². The number of aromatic nitrogens is 1. The van der Waals surface area contributed by atoms with Crippen molar-refractivity contribution < 1.29 is 24.1 Å². The number of nitrogens with one attached hydrogen (secondary N) is 1. The summed E-state index contributed by atoms with van der Waals surface area (Å²) in [5, 5.41) is 12.2. The Balaban J connectivity index is 1.40. The Morgan fingerprint density at radius 3 is 2.64 bits per heavy atom. The maximum atomic E-state index is 13.0. The number of H-pyrrole nitrogens is 1. The summed E-state index contributed by atoms with van der Waals surface area (Å²) in [6.45, 7) is 2.38. The van der Waals surface area contributed by atoms with Crippen LogP contribution in [0, 0.1) is 5.92 Å². The zero-order valence-corrected chi connectivity index (χ0v) is 18.6. The molecule has 1 fully saturated rings. The number of nitrogens with zero attached hydrogens (tertiary/aromatic N) is 1. The first kappa shape index (κ1) is 21.9. The van der Waals surface area contributed by atoms with E-state index in [4.69, 9.17) is 14.2 Å². The molecule has 1 amide bonds. The second-order valence-electron chi connectivity index (χ2n) is 8.75. The van der Waals surface area contributed by atoms with E-state index in [0.29, 0.717) is 45.6 Å². The van der Waals surface area contributed by atoms with Crippen LogP contribution in [0.2, 0.25) is 0 Å². The number of benzene rings is 2. The quantitative estimate of drug-likeness (QED) is 0.626. The van der Waals surface area contributed by atoms with Gasteiger partial charge < -0.3 is 29.2 Å². The molecule has 33 heavy (non-hydrogen) atoms. The van der Waals surface area contributed by atoms with Crippen molar-refractivity contribution in [2.75, 3.05) is 26.3 Å². The van der Waals surface area contributed by atoms with Gasteiger partial charge in [-0.25, -0.2) is 4.79 Å². The molecule has 2 aromatic carbocycles. The summed E-state index contributed by atoms with van der Waals surface area (Å²) < 4.78 is 17.2. The van der Waals surface area contributed by atoms with Crippen molar-refractivity contribution in [3.05, 3.63) is 71.4 Å². The average Bonchev–Trinajstić information content (AvgIpc) is 3.51. The summed E-state index contributed by atoms with van der Waals surface area (Å²) in [4.78, 5) is 18.2. The lowest BCUT2D eigenvalue weighted by Gasteiger charge is -2.30. The number of rotatable bonds is 3. The number of hydrogen-bond donors (Lipinski definition) is 2. The smallest absolute Gasteiger partial charge is 0.410 e. The van der Waals surface area contributed by atoms with E-state index in [1.54, 1.807) is 4.90 Å². The van der Waals surface area contributed by atoms with Crippen LogP contribution in [0.25, 0.3) is 10.9 Å². The SMILES string of the molecule is O=C(OCc1ccccc1)N1CCc2c([nH]c3ccccc23)[C@@H](O)C[C@@H](C2OCCO2)CC1. The zero-order chi connectivity index (χ0) is 22.6. The molecule has 7 heteroatoms. The normalized spacial score (nSPS) is 22.3. The van der Waals surface area contributed by atoms with Crippen molar-refractivity contribution in [1.82, 2.24) is 9.88 Å². The van der Waals surface area contributed by atoms with Gasteiger partial charge in [-0.05, 0) is 36.5 Å². The number of para-hydroxylation sites is 1. The lowest BCUT2D eigenvalue weighted by Crippen LogP contribution is -2.37. The molecule has 0 saturated carbocycles. The number of fused-ring (bicyclic) bond motifs is 3. The summed E-state index contributed by atoms with van der Waals surface area (Å²) in [5.74, 6) is -0.0377. The molecular formula is C26H30N2O5. The van der Waals surface area contributed by atoms with E-state index in [1.807, 2.05) is 48.5 Å². The molecular weight excluding hydrogens is 420 g/mol. The molecule has 0 aliphatic carbocycles. The van der Waals surface area contributed by atoms with Gasteiger partial charge in [0.1, 0.15) is 6.61 Å². The summed E-state index contributed by atoms with van der Waals surface area (Å²) in [6, 6.07) is 17.7. The Bertz CT molecular complexity index is 1080. The molecule has 5 rings (SSSR count). The maximum absolute atomic E-state index is 13.0. The molecule has 3 heterocycles. The first-order chi connectivity index (χ1) is 16.2. The number of hydrogen-bond acceptors (Lipinski definition) is 5. The molecule has 174 valence electrons. The van der Waals surface area contributed by atoms with Crippen LogP contribution in [0.15, 0.2) is 54.6 Å². The van der Waals surface area contributed by atoms with E-state index in [1.165, 1.54) is 0 Å². The van der Waals surface area contributed by atoms with E-state index < -0.39 is 6.10 Å². The van der Waals surface area contributed by atoms with Crippen LogP contribution in [0.4, 0.5) is 4.79 Å². The monoisotopic (exact) mass is 450 g/mol. The van der Waals surface area contributed by atoms with Gasteiger partial charge >= 0.3 is 6.09 Å². The van der Waals surface area contributed by atoms with Crippen LogP contribution in [-0.2, 0) is 27.2 Å². The van der Waals surface area contributed by atoms with Gasteiger partial charge in [0.25, 0.3) is 0 Å². The summed E-state index contributed by atoms with van der Waals surface area (Å²) in [6.07, 6.45) is 0.455. The minimum Gasteiger partial charge on any atom is -0.445 e. The van der Waals surface area contributed by atoms with Crippen molar-refractivity contribution in [3.63, 3.8) is 0 Å². The molecule has 7 nitrogen and oxygen atoms in total. The highest BCUT2D eigenvalue weighted by molar-refractivity contribution is 5.85. The second kappa shape index (κ2) is 9.95. The molecule has 2 aliphatic rings. The van der Waals surface area contributed by atoms with Gasteiger partial charge in [0, 0.05) is 35.6 Å². The Morgan fingerprint density at radius 1 is 1.06 bits per heavy atom. The standard InChI is InChI=1S/C26H30N2O5/c29-23-16-19(25-31-14-15-32-25)10-12-28(26(30)33-17-18-6-2-1-3-7-18)13-11-21-20-8-4-5-9-22(20)27-24(21)23/h1-9,19,23,25,27,29H,10-17H2/t19-,23-/m0/s1. The molecule has 1 saturated heterocycles. The highest BCUT2D eigenvalue weighted by atomic mass is 16.7. The van der Waals surface area contributed by atoms with Crippen LogP contribution in [0.5, 0.6) is 0 Å². The number of aliphatic hydroxyl groups is 1. The molecule has 0 radical (unpaired) electrons. The minimum atomic E-state index is -0.651. The third kappa shape index (κ3) is 4.90. The number of carbonyl (C=O) groups excluding carboxylic acids is 1. The molecule has 2 atom stereocenters. The maximum Gasteiger partial charge on any atom is 0.410 e. The number of ether oxygens (including phenoxy) is 3. The van der Waals surface area contributed by atoms with Crippen molar-refractivity contribution in [1.29, 1.82) is 0 Å². The molecule has 0 spiro atoms. The molecule has 2 aliphatic heterocycles. The minimum absolute atomic E-state index is 0.0377. The van der Waals surface area contributed by atoms with Gasteiger partial charge in [0.15, 0.2) is 6.29 Å². The van der Waals surface area contributed by atoms with Gasteiger partial charge in [-0.2, -0.15) is 0 Å². The first-order valence-electron chi connectivity index (χ1n) is 11.7. The fraction of sp³-hybridized carbons (Fsp3) is 0.423. The summed E-state index contributed by atoms with van der Waals surface area (Å²) >= 11 is 0. The van der Waals surface area contributed by atoms with E-state index in [9.17, 15) is 9.90 Å². The van der Waals surface area contributed by atoms with Crippen molar-refractivity contribution >= 4 is 17.0 Å². The van der Waals surface area contributed by atoms with E-state index >= 15 is 0 Å². The van der Waals surface area contributed by atoms with E-state index in [0.717, 1.165) is 27.7 Å². The summed E-state index contributed by atoms with van der Waals surface area (Å²) in [7, 11) is 0. The van der Waals surface area contributed by atoms with Gasteiger partial charge in [-0.15, -0.1) is 0 Å². The second-order valence-corrected chi connectivity index (χ2v) is 8.75. The lowest BCUT2D eigenvalue weighted by atomic mass is 9.92. The first-order valence-corrected chi connectivity index (χ1v) is 11.7. The van der Waals surface area contributed by atoms with E-state index in [2.05, 4.69) is 11.1 Å². The predicted molar refractivity (Wildman–Crippen MR) is 124 cm³/mol. The highest BCUT2D eigenvalue weighted by Crippen LogP contribution is 2.34. The fourth-order valence-corrected chi connectivity index (χ4v) is 4.87. The number of carbonyl (C=O) groups is 1. The summed E-state index contributed by atoms with van der Waals surface area (Å²) in [5.41, 5.74) is 3.81. The third-order valence-electron chi connectivity index (χ3n) is 6.60. The number of aliphatic hydroxyl groups excluding tert-OH is 1. The molecule has 1 aromatic heterocycles. The third-order valence-corrected chi connectivity index (χ3v) is 6.60. The van der Waals surface area contributed by atoms with Gasteiger partial charge in [0.05, 0.1) is 19.3 Å². The van der Waals surface area contributed by atoms with Crippen molar-refractivity contribution in [2.45, 2.75) is 38.3 Å². The van der Waals surface area contributed by atoms with Crippen LogP contribution in [-0.4, -0.2) is 53.7 Å². The Hall–Kier alpha value is -2.87. The van der Waals surface area contributed by atoms with Crippen LogP contribution in [0.1, 0.15) is 35.8 Å². The number of amides is 1.